The number of hydrogen-bond acceptors (Lipinski definition) is 5. The zero-order valence-electron chi connectivity index (χ0n) is 11.8. The SMILES string of the molecule is CN1C(=N)N[C@](C)(c2ncc(-c3cccnc3)s2)CC1=O. The number of pyridine rings is 1. The third-order valence-electron chi connectivity index (χ3n) is 3.53. The lowest BCUT2D eigenvalue weighted by Crippen LogP contribution is -2.58. The molecule has 1 fully saturated rings. The van der Waals surface area contributed by atoms with Gasteiger partial charge in [-0.1, -0.05) is 6.07 Å². The standard InChI is InChI=1S/C14H15N5OS/c1-14(6-11(20)19(2)13(15)18-14)12-17-8-10(21-12)9-4-3-5-16-7-9/h3-5,7-8H,6H2,1-2H3,(H2,15,18)/t14-/m0/s1. The monoisotopic (exact) mass is 301 g/mol. The maximum atomic E-state index is 12.0. The molecule has 2 aromatic rings. The molecule has 6 nitrogen and oxygen atoms in total. The number of thiazole rings is 1. The maximum Gasteiger partial charge on any atom is 0.231 e. The Morgan fingerprint density at radius 3 is 2.95 bits per heavy atom. The second kappa shape index (κ2) is 4.92. The molecular formula is C14H15N5OS. The van der Waals surface area contributed by atoms with E-state index in [0.717, 1.165) is 15.4 Å². The summed E-state index contributed by atoms with van der Waals surface area (Å²) in [6.07, 6.45) is 5.59. The lowest BCUT2D eigenvalue weighted by molar-refractivity contribution is -0.129. The lowest BCUT2D eigenvalue weighted by atomic mass is 9.96. The molecule has 0 radical (unpaired) electrons. The van der Waals surface area contributed by atoms with Crippen molar-refractivity contribution in [2.75, 3.05) is 7.05 Å². The lowest BCUT2D eigenvalue weighted by Gasteiger charge is -2.37. The molecule has 1 aliphatic heterocycles. The second-order valence-corrected chi connectivity index (χ2v) is 6.24. The van der Waals surface area contributed by atoms with E-state index in [4.69, 9.17) is 5.41 Å². The molecule has 21 heavy (non-hydrogen) atoms. The molecule has 0 spiro atoms. The van der Waals surface area contributed by atoms with Crippen LogP contribution in [0.25, 0.3) is 10.4 Å². The Labute approximate surface area is 126 Å². The molecule has 1 amide bonds. The van der Waals surface area contributed by atoms with Crippen molar-refractivity contribution in [3.05, 3.63) is 35.7 Å². The molecule has 1 atom stereocenters. The molecule has 7 heteroatoms. The molecule has 1 saturated heterocycles. The van der Waals surface area contributed by atoms with Crippen LogP contribution in [0.1, 0.15) is 18.4 Å². The molecule has 2 aromatic heterocycles. The fourth-order valence-electron chi connectivity index (χ4n) is 2.24. The van der Waals surface area contributed by atoms with Crippen molar-refractivity contribution in [1.82, 2.24) is 20.2 Å². The van der Waals surface area contributed by atoms with Crippen LogP contribution in [0, 0.1) is 5.41 Å². The summed E-state index contributed by atoms with van der Waals surface area (Å²) in [6, 6.07) is 3.85. The first kappa shape index (κ1) is 13.7. The molecule has 0 bridgehead atoms. The first-order valence-corrected chi connectivity index (χ1v) is 7.31. The number of nitrogens with zero attached hydrogens (tertiary/aromatic N) is 3. The summed E-state index contributed by atoms with van der Waals surface area (Å²) in [7, 11) is 1.60. The molecule has 0 unspecified atom stereocenters. The van der Waals surface area contributed by atoms with Gasteiger partial charge in [0, 0.05) is 31.2 Å². The molecule has 0 aliphatic carbocycles. The van der Waals surface area contributed by atoms with Crippen LogP contribution in [0.3, 0.4) is 0 Å². The van der Waals surface area contributed by atoms with E-state index >= 15 is 0 Å². The predicted octanol–water partition coefficient (Wildman–Crippen LogP) is 1.81. The Morgan fingerprint density at radius 2 is 2.29 bits per heavy atom. The van der Waals surface area contributed by atoms with Crippen molar-refractivity contribution in [3.8, 4) is 10.4 Å². The van der Waals surface area contributed by atoms with Gasteiger partial charge in [-0.15, -0.1) is 11.3 Å². The van der Waals surface area contributed by atoms with Gasteiger partial charge in [-0.2, -0.15) is 0 Å². The second-order valence-electron chi connectivity index (χ2n) is 5.21. The summed E-state index contributed by atoms with van der Waals surface area (Å²) in [4.78, 5) is 22.8. The van der Waals surface area contributed by atoms with Gasteiger partial charge < -0.3 is 5.32 Å². The Hall–Kier alpha value is -2.28. The van der Waals surface area contributed by atoms with Gasteiger partial charge in [0.15, 0.2) is 5.96 Å². The summed E-state index contributed by atoms with van der Waals surface area (Å²) in [5.74, 6) is 0.0197. The first-order chi connectivity index (χ1) is 9.99. The van der Waals surface area contributed by atoms with Crippen molar-refractivity contribution in [2.24, 2.45) is 0 Å². The average Bonchev–Trinajstić information content (AvgIpc) is 2.96. The third kappa shape index (κ3) is 2.40. The highest BCUT2D eigenvalue weighted by Gasteiger charge is 2.40. The fourth-order valence-corrected chi connectivity index (χ4v) is 3.24. The van der Waals surface area contributed by atoms with Crippen LogP contribution in [0.2, 0.25) is 0 Å². The third-order valence-corrected chi connectivity index (χ3v) is 4.84. The summed E-state index contributed by atoms with van der Waals surface area (Å²) >= 11 is 1.52. The smallest absolute Gasteiger partial charge is 0.231 e. The van der Waals surface area contributed by atoms with Crippen LogP contribution in [-0.4, -0.2) is 33.8 Å². The van der Waals surface area contributed by atoms with Crippen molar-refractivity contribution >= 4 is 23.2 Å². The van der Waals surface area contributed by atoms with E-state index < -0.39 is 5.54 Å². The molecule has 3 heterocycles. The van der Waals surface area contributed by atoms with Crippen LogP contribution < -0.4 is 5.32 Å². The van der Waals surface area contributed by atoms with Gasteiger partial charge in [0.1, 0.15) is 5.01 Å². The number of rotatable bonds is 2. The van der Waals surface area contributed by atoms with E-state index in [2.05, 4.69) is 15.3 Å². The van der Waals surface area contributed by atoms with Gasteiger partial charge in [-0.05, 0) is 13.0 Å². The van der Waals surface area contributed by atoms with E-state index in [9.17, 15) is 4.79 Å². The number of aromatic nitrogens is 2. The van der Waals surface area contributed by atoms with Gasteiger partial charge in [0.05, 0.1) is 16.8 Å². The number of hydrogen-bond donors (Lipinski definition) is 2. The quantitative estimate of drug-likeness (QED) is 0.886. The minimum Gasteiger partial charge on any atom is -0.344 e. The number of carbonyl (C=O) groups excluding carboxylic acids is 1. The van der Waals surface area contributed by atoms with Crippen LogP contribution >= 0.6 is 11.3 Å². The number of guanidine groups is 1. The van der Waals surface area contributed by atoms with E-state index in [1.807, 2.05) is 19.1 Å². The van der Waals surface area contributed by atoms with Crippen molar-refractivity contribution in [1.29, 1.82) is 5.41 Å². The predicted molar refractivity (Wildman–Crippen MR) is 80.9 cm³/mol. The minimum atomic E-state index is -0.633. The number of amides is 1. The van der Waals surface area contributed by atoms with Gasteiger partial charge in [0.25, 0.3) is 0 Å². The summed E-state index contributed by atoms with van der Waals surface area (Å²) < 4.78 is 0. The van der Waals surface area contributed by atoms with Gasteiger partial charge in [-0.3, -0.25) is 20.1 Å². The van der Waals surface area contributed by atoms with E-state index in [1.165, 1.54) is 16.2 Å². The first-order valence-electron chi connectivity index (χ1n) is 6.49. The van der Waals surface area contributed by atoms with Crippen LogP contribution in [0.5, 0.6) is 0 Å². The van der Waals surface area contributed by atoms with E-state index in [-0.39, 0.29) is 18.3 Å². The van der Waals surface area contributed by atoms with Gasteiger partial charge >= 0.3 is 0 Å². The number of carbonyl (C=O) groups is 1. The Kier molecular flexibility index (Phi) is 3.21. The van der Waals surface area contributed by atoms with Crippen LogP contribution in [-0.2, 0) is 10.3 Å². The molecule has 2 N–H and O–H groups in total. The fraction of sp³-hybridized carbons (Fsp3) is 0.286. The zero-order chi connectivity index (χ0) is 15.0. The van der Waals surface area contributed by atoms with E-state index in [1.54, 1.807) is 25.6 Å². The normalized spacial score (nSPS) is 22.3. The van der Waals surface area contributed by atoms with E-state index in [0.29, 0.717) is 0 Å². The molecule has 3 rings (SSSR count). The summed E-state index contributed by atoms with van der Waals surface area (Å²) in [6.45, 7) is 1.90. The Balaban J connectivity index is 1.93. The highest BCUT2D eigenvalue weighted by atomic mass is 32.1. The molecule has 1 aliphatic rings. The Bertz CT molecular complexity index is 678. The van der Waals surface area contributed by atoms with Crippen LogP contribution in [0.4, 0.5) is 0 Å². The van der Waals surface area contributed by atoms with Gasteiger partial charge in [0.2, 0.25) is 5.91 Å². The summed E-state index contributed by atoms with van der Waals surface area (Å²) in [5, 5.41) is 11.7. The molecule has 108 valence electrons. The highest BCUT2D eigenvalue weighted by molar-refractivity contribution is 7.15. The molecule has 0 aromatic carbocycles. The van der Waals surface area contributed by atoms with Gasteiger partial charge in [-0.25, -0.2) is 4.98 Å². The highest BCUT2D eigenvalue weighted by Crippen LogP contribution is 2.35. The maximum absolute atomic E-state index is 12.0. The summed E-state index contributed by atoms with van der Waals surface area (Å²) in [5.41, 5.74) is 0.366. The minimum absolute atomic E-state index is 0.0839. The largest absolute Gasteiger partial charge is 0.344 e. The Morgan fingerprint density at radius 1 is 1.48 bits per heavy atom. The number of nitrogens with one attached hydrogen (secondary N) is 2. The van der Waals surface area contributed by atoms with Crippen LogP contribution in [0.15, 0.2) is 30.7 Å². The molecular weight excluding hydrogens is 286 g/mol. The van der Waals surface area contributed by atoms with Crippen molar-refractivity contribution in [3.63, 3.8) is 0 Å². The van der Waals surface area contributed by atoms with Crippen molar-refractivity contribution < 1.29 is 4.79 Å². The molecule has 0 saturated carbocycles. The average molecular weight is 301 g/mol. The zero-order valence-corrected chi connectivity index (χ0v) is 12.6. The van der Waals surface area contributed by atoms with Crippen molar-refractivity contribution in [2.45, 2.75) is 18.9 Å². The topological polar surface area (TPSA) is 82.0 Å².